The van der Waals surface area contributed by atoms with Crippen molar-refractivity contribution >= 4 is 20.1 Å². The van der Waals surface area contributed by atoms with Crippen LogP contribution in [-0.4, -0.2) is 36.6 Å². The highest BCUT2D eigenvalue weighted by molar-refractivity contribution is 6.74. The SMILES string of the molecule is CC(C)(C)[Si](C)(C)OCCCc1ccncc1C(=O)C(C(=O)OCc1ccccc1)c1ccncc1. The fourth-order valence-electron chi connectivity index (χ4n) is 3.59. The number of aromatic nitrogens is 2. The Morgan fingerprint density at radius 1 is 0.944 bits per heavy atom. The number of benzene rings is 1. The van der Waals surface area contributed by atoms with Crippen LogP contribution < -0.4 is 0 Å². The van der Waals surface area contributed by atoms with E-state index >= 15 is 0 Å². The second-order valence-electron chi connectivity index (χ2n) is 10.4. The van der Waals surface area contributed by atoms with Crippen LogP contribution in [0.3, 0.4) is 0 Å². The quantitative estimate of drug-likeness (QED) is 0.103. The highest BCUT2D eigenvalue weighted by atomic mass is 28.4. The number of ketones is 1. The minimum absolute atomic E-state index is 0.0965. The number of ether oxygens (including phenoxy) is 1. The van der Waals surface area contributed by atoms with Gasteiger partial charge >= 0.3 is 5.97 Å². The average Bonchev–Trinajstić information content (AvgIpc) is 2.86. The molecule has 7 heteroatoms. The van der Waals surface area contributed by atoms with Crippen LogP contribution in [0.4, 0.5) is 0 Å². The van der Waals surface area contributed by atoms with Gasteiger partial charge in [-0.3, -0.25) is 19.6 Å². The molecule has 36 heavy (non-hydrogen) atoms. The van der Waals surface area contributed by atoms with E-state index in [1.807, 2.05) is 36.4 Å². The first-order chi connectivity index (χ1) is 17.1. The van der Waals surface area contributed by atoms with Gasteiger partial charge in [-0.15, -0.1) is 0 Å². The first kappa shape index (κ1) is 27.4. The van der Waals surface area contributed by atoms with E-state index in [0.717, 1.165) is 17.5 Å². The number of aryl methyl sites for hydroxylation is 1. The molecule has 0 aliphatic carbocycles. The summed E-state index contributed by atoms with van der Waals surface area (Å²) >= 11 is 0. The molecule has 0 aliphatic heterocycles. The molecule has 0 bridgehead atoms. The standard InChI is InChI=1S/C29H36N2O4Si/c1-29(2,3)36(4,5)35-19-9-12-23-13-18-31-20-25(23)27(32)26(24-14-16-30-17-15-24)28(33)34-21-22-10-7-6-8-11-22/h6-8,10-11,13-18,20,26H,9,12,19,21H2,1-5H3. The lowest BCUT2D eigenvalue weighted by Gasteiger charge is -2.36. The summed E-state index contributed by atoms with van der Waals surface area (Å²) in [6, 6.07) is 14.6. The lowest BCUT2D eigenvalue weighted by Crippen LogP contribution is -2.41. The molecule has 0 saturated heterocycles. The smallest absolute Gasteiger partial charge is 0.321 e. The summed E-state index contributed by atoms with van der Waals surface area (Å²) in [6.45, 7) is 11.8. The Kier molecular flexibility index (Phi) is 9.29. The van der Waals surface area contributed by atoms with Gasteiger partial charge in [-0.05, 0) is 65.9 Å². The van der Waals surface area contributed by atoms with E-state index in [4.69, 9.17) is 9.16 Å². The summed E-state index contributed by atoms with van der Waals surface area (Å²) in [6.07, 6.45) is 7.79. The Hall–Kier alpha value is -3.16. The predicted molar refractivity (Wildman–Crippen MR) is 143 cm³/mol. The second kappa shape index (κ2) is 12.2. The van der Waals surface area contributed by atoms with Crippen LogP contribution in [0.1, 0.15) is 60.2 Å². The zero-order chi connectivity index (χ0) is 26.2. The molecule has 190 valence electrons. The third-order valence-electron chi connectivity index (χ3n) is 6.80. The third-order valence-corrected chi connectivity index (χ3v) is 11.3. The van der Waals surface area contributed by atoms with Crippen LogP contribution in [0.5, 0.6) is 0 Å². The van der Waals surface area contributed by atoms with Crippen LogP contribution in [0.2, 0.25) is 18.1 Å². The molecular formula is C29H36N2O4Si. The van der Waals surface area contributed by atoms with Crippen LogP contribution >= 0.6 is 0 Å². The first-order valence-corrected chi connectivity index (χ1v) is 15.2. The molecule has 1 aromatic carbocycles. The first-order valence-electron chi connectivity index (χ1n) is 12.3. The van der Waals surface area contributed by atoms with Gasteiger partial charge in [0, 0.05) is 37.0 Å². The van der Waals surface area contributed by atoms with Crippen LogP contribution in [-0.2, 0) is 27.0 Å². The number of pyridine rings is 2. The molecular weight excluding hydrogens is 468 g/mol. The van der Waals surface area contributed by atoms with E-state index in [1.165, 1.54) is 0 Å². The summed E-state index contributed by atoms with van der Waals surface area (Å²) in [5.41, 5.74) is 2.69. The Labute approximate surface area is 215 Å². The van der Waals surface area contributed by atoms with E-state index in [1.54, 1.807) is 36.9 Å². The van der Waals surface area contributed by atoms with Gasteiger partial charge in [-0.25, -0.2) is 0 Å². The molecule has 0 saturated carbocycles. The average molecular weight is 505 g/mol. The van der Waals surface area contributed by atoms with Crippen molar-refractivity contribution in [3.63, 3.8) is 0 Å². The van der Waals surface area contributed by atoms with Crippen LogP contribution in [0.15, 0.2) is 73.3 Å². The van der Waals surface area contributed by atoms with Crippen molar-refractivity contribution in [3.05, 3.63) is 95.6 Å². The summed E-state index contributed by atoms with van der Waals surface area (Å²) in [4.78, 5) is 35.2. The molecule has 6 nitrogen and oxygen atoms in total. The number of hydrogen-bond donors (Lipinski definition) is 0. The molecule has 2 heterocycles. The molecule has 1 atom stereocenters. The molecule has 0 spiro atoms. The zero-order valence-corrected chi connectivity index (χ0v) is 22.9. The maximum atomic E-state index is 13.8. The number of rotatable bonds is 11. The van der Waals surface area contributed by atoms with Gasteiger partial charge in [0.1, 0.15) is 12.5 Å². The molecule has 0 fully saturated rings. The maximum absolute atomic E-state index is 13.8. The van der Waals surface area contributed by atoms with Crippen molar-refractivity contribution in [3.8, 4) is 0 Å². The van der Waals surface area contributed by atoms with Gasteiger partial charge in [-0.2, -0.15) is 0 Å². The van der Waals surface area contributed by atoms with E-state index in [2.05, 4.69) is 43.8 Å². The van der Waals surface area contributed by atoms with Gasteiger partial charge < -0.3 is 9.16 Å². The van der Waals surface area contributed by atoms with Crippen LogP contribution in [0.25, 0.3) is 0 Å². The maximum Gasteiger partial charge on any atom is 0.321 e. The Morgan fingerprint density at radius 3 is 2.28 bits per heavy atom. The summed E-state index contributed by atoms with van der Waals surface area (Å²) in [7, 11) is -1.84. The summed E-state index contributed by atoms with van der Waals surface area (Å²) in [5.74, 6) is -2.01. The minimum atomic E-state index is -1.84. The molecule has 2 aromatic heterocycles. The van der Waals surface area contributed by atoms with Gasteiger partial charge in [0.2, 0.25) is 0 Å². The van der Waals surface area contributed by atoms with E-state index in [-0.39, 0.29) is 17.4 Å². The van der Waals surface area contributed by atoms with Crippen molar-refractivity contribution in [2.75, 3.05) is 6.61 Å². The van der Waals surface area contributed by atoms with Crippen LogP contribution in [0, 0.1) is 0 Å². The number of nitrogens with zero attached hydrogens (tertiary/aromatic N) is 2. The lowest BCUT2D eigenvalue weighted by molar-refractivity contribution is -0.145. The van der Waals surface area contributed by atoms with Crippen molar-refractivity contribution < 1.29 is 18.8 Å². The van der Waals surface area contributed by atoms with E-state index < -0.39 is 20.2 Å². The number of hydrogen-bond acceptors (Lipinski definition) is 6. The highest BCUT2D eigenvalue weighted by Crippen LogP contribution is 2.36. The molecule has 0 amide bonds. The fourth-order valence-corrected chi connectivity index (χ4v) is 4.68. The summed E-state index contributed by atoms with van der Waals surface area (Å²) in [5, 5.41) is 0.142. The number of carbonyl (C=O) groups is 2. The number of Topliss-reactive ketones (excluding diaryl/α,β-unsaturated/α-hetero) is 1. The largest absolute Gasteiger partial charge is 0.460 e. The molecule has 1 unspecified atom stereocenters. The molecule has 3 rings (SSSR count). The molecule has 0 aliphatic rings. The predicted octanol–water partition coefficient (Wildman–Crippen LogP) is 6.14. The zero-order valence-electron chi connectivity index (χ0n) is 21.9. The third kappa shape index (κ3) is 7.18. The second-order valence-corrected chi connectivity index (χ2v) is 15.2. The van der Waals surface area contributed by atoms with E-state index in [0.29, 0.717) is 24.2 Å². The van der Waals surface area contributed by atoms with Gasteiger partial charge in [-0.1, -0.05) is 51.1 Å². The molecule has 3 aromatic rings. The van der Waals surface area contributed by atoms with Gasteiger partial charge in [0.25, 0.3) is 0 Å². The monoisotopic (exact) mass is 504 g/mol. The Balaban J connectivity index is 1.76. The van der Waals surface area contributed by atoms with E-state index in [9.17, 15) is 9.59 Å². The van der Waals surface area contributed by atoms with Gasteiger partial charge in [0.15, 0.2) is 14.1 Å². The topological polar surface area (TPSA) is 78.4 Å². The van der Waals surface area contributed by atoms with Gasteiger partial charge in [0.05, 0.1) is 0 Å². The Bertz CT molecular complexity index is 1140. The van der Waals surface area contributed by atoms with Crippen molar-refractivity contribution in [2.24, 2.45) is 0 Å². The van der Waals surface area contributed by atoms with Crippen molar-refractivity contribution in [1.29, 1.82) is 0 Å². The van der Waals surface area contributed by atoms with Crippen molar-refractivity contribution in [2.45, 2.75) is 64.3 Å². The minimum Gasteiger partial charge on any atom is -0.460 e. The Morgan fingerprint density at radius 2 is 1.61 bits per heavy atom. The normalized spacial score (nSPS) is 12.7. The summed E-state index contributed by atoms with van der Waals surface area (Å²) < 4.78 is 11.9. The fraction of sp³-hybridized carbons (Fsp3) is 0.379. The molecule has 0 radical (unpaired) electrons. The number of esters is 1. The van der Waals surface area contributed by atoms with Crippen molar-refractivity contribution in [1.82, 2.24) is 9.97 Å². The number of carbonyl (C=O) groups excluding carboxylic acids is 2. The molecule has 0 N–H and O–H groups in total. The lowest BCUT2D eigenvalue weighted by atomic mass is 9.89. The highest BCUT2D eigenvalue weighted by Gasteiger charge is 2.37.